The topological polar surface area (TPSA) is 65.4 Å². The van der Waals surface area contributed by atoms with E-state index in [-0.39, 0.29) is 6.61 Å². The average molecular weight is 275 g/mol. The molecule has 1 rings (SSSR count). The summed E-state index contributed by atoms with van der Waals surface area (Å²) in [5.41, 5.74) is 1.62. The van der Waals surface area contributed by atoms with Gasteiger partial charge in [-0.1, -0.05) is 0 Å². The maximum Gasteiger partial charge on any atom is 0.109 e. The zero-order valence-corrected chi connectivity index (χ0v) is 10.2. The molecule has 0 aliphatic carbocycles. The first-order chi connectivity index (χ1) is 7.15. The van der Waals surface area contributed by atoms with Crippen LogP contribution < -0.4 is 5.32 Å². The molecule has 4 nitrogen and oxygen atoms in total. The molecule has 1 atom stereocenters. The number of aliphatic hydroxyl groups is 2. The monoisotopic (exact) mass is 274 g/mol. The third kappa shape index (κ3) is 3.87. The molecule has 0 amide bonds. The summed E-state index contributed by atoms with van der Waals surface area (Å²) in [4.78, 5) is 4.16. The molecule has 0 aliphatic heterocycles. The second kappa shape index (κ2) is 6.17. The summed E-state index contributed by atoms with van der Waals surface area (Å²) in [5, 5.41) is 21.3. The first-order valence-electron chi connectivity index (χ1n) is 4.77. The molecular formula is C10H15BrN2O2. The Bertz CT molecular complexity index is 320. The van der Waals surface area contributed by atoms with Crippen molar-refractivity contribution in [3.63, 3.8) is 0 Å². The van der Waals surface area contributed by atoms with Crippen LogP contribution in [0.4, 0.5) is 0 Å². The van der Waals surface area contributed by atoms with Gasteiger partial charge in [-0.3, -0.25) is 4.98 Å². The normalized spacial score (nSPS) is 12.8. The van der Waals surface area contributed by atoms with E-state index in [1.165, 1.54) is 0 Å². The standard InChI is InChI=1S/C10H15BrN2O2/c1-7-4-8(11)5-13-10(7)9(15)6-12-2-3-14/h4-5,9,12,14-15H,2-3,6H2,1H3/t9-/m0/s1. The minimum Gasteiger partial charge on any atom is -0.395 e. The van der Waals surface area contributed by atoms with E-state index < -0.39 is 6.10 Å². The van der Waals surface area contributed by atoms with Gasteiger partial charge in [0.1, 0.15) is 6.10 Å². The van der Waals surface area contributed by atoms with E-state index >= 15 is 0 Å². The van der Waals surface area contributed by atoms with Gasteiger partial charge in [0, 0.05) is 23.8 Å². The van der Waals surface area contributed by atoms with Crippen molar-refractivity contribution >= 4 is 15.9 Å². The summed E-state index contributed by atoms with van der Waals surface area (Å²) in [5.74, 6) is 0. The van der Waals surface area contributed by atoms with Gasteiger partial charge >= 0.3 is 0 Å². The Morgan fingerprint density at radius 1 is 1.60 bits per heavy atom. The van der Waals surface area contributed by atoms with E-state index in [0.29, 0.717) is 18.8 Å². The predicted molar refractivity (Wildman–Crippen MR) is 61.6 cm³/mol. The second-order valence-corrected chi connectivity index (χ2v) is 4.21. The van der Waals surface area contributed by atoms with Crippen LogP contribution in [0, 0.1) is 6.92 Å². The van der Waals surface area contributed by atoms with Gasteiger partial charge in [0.2, 0.25) is 0 Å². The van der Waals surface area contributed by atoms with Crippen LogP contribution in [-0.2, 0) is 0 Å². The van der Waals surface area contributed by atoms with Gasteiger partial charge in [0.15, 0.2) is 0 Å². The van der Waals surface area contributed by atoms with Crippen LogP contribution in [0.3, 0.4) is 0 Å². The highest BCUT2D eigenvalue weighted by atomic mass is 79.9. The van der Waals surface area contributed by atoms with Gasteiger partial charge in [-0.15, -0.1) is 0 Å². The Hall–Kier alpha value is -0.490. The maximum atomic E-state index is 9.80. The van der Waals surface area contributed by atoms with Crippen molar-refractivity contribution in [2.45, 2.75) is 13.0 Å². The summed E-state index contributed by atoms with van der Waals surface area (Å²) < 4.78 is 0.902. The summed E-state index contributed by atoms with van der Waals surface area (Å²) in [7, 11) is 0. The number of hydrogen-bond acceptors (Lipinski definition) is 4. The Morgan fingerprint density at radius 3 is 2.93 bits per heavy atom. The number of hydrogen-bond donors (Lipinski definition) is 3. The molecule has 1 heterocycles. The first-order valence-corrected chi connectivity index (χ1v) is 5.56. The number of pyridine rings is 1. The number of aromatic nitrogens is 1. The zero-order chi connectivity index (χ0) is 11.3. The molecule has 0 aliphatic rings. The largest absolute Gasteiger partial charge is 0.395 e. The molecule has 15 heavy (non-hydrogen) atoms. The van der Waals surface area contributed by atoms with E-state index in [1.807, 2.05) is 13.0 Å². The van der Waals surface area contributed by atoms with Crippen molar-refractivity contribution in [2.24, 2.45) is 0 Å². The molecule has 1 aromatic heterocycles. The van der Waals surface area contributed by atoms with Crippen molar-refractivity contribution in [3.05, 3.63) is 28.0 Å². The maximum absolute atomic E-state index is 9.80. The number of nitrogens with zero attached hydrogens (tertiary/aromatic N) is 1. The molecule has 1 aromatic rings. The van der Waals surface area contributed by atoms with Crippen molar-refractivity contribution in [3.8, 4) is 0 Å². The van der Waals surface area contributed by atoms with E-state index in [4.69, 9.17) is 5.11 Å². The molecule has 5 heteroatoms. The van der Waals surface area contributed by atoms with Crippen LogP contribution in [0.5, 0.6) is 0 Å². The smallest absolute Gasteiger partial charge is 0.109 e. The van der Waals surface area contributed by atoms with E-state index in [1.54, 1.807) is 6.20 Å². The quantitative estimate of drug-likeness (QED) is 0.694. The third-order valence-electron chi connectivity index (χ3n) is 2.03. The number of aryl methyl sites for hydroxylation is 1. The fourth-order valence-electron chi connectivity index (χ4n) is 1.31. The summed E-state index contributed by atoms with van der Waals surface area (Å²) >= 11 is 3.32. The highest BCUT2D eigenvalue weighted by Crippen LogP contribution is 2.18. The summed E-state index contributed by atoms with van der Waals surface area (Å²) in [6.45, 7) is 2.85. The number of halogens is 1. The lowest BCUT2D eigenvalue weighted by molar-refractivity contribution is 0.165. The summed E-state index contributed by atoms with van der Waals surface area (Å²) in [6, 6.07) is 1.91. The van der Waals surface area contributed by atoms with E-state index in [2.05, 4.69) is 26.2 Å². The van der Waals surface area contributed by atoms with Crippen molar-refractivity contribution in [1.82, 2.24) is 10.3 Å². The van der Waals surface area contributed by atoms with Gasteiger partial charge < -0.3 is 15.5 Å². The first kappa shape index (κ1) is 12.6. The minimum absolute atomic E-state index is 0.0689. The van der Waals surface area contributed by atoms with Crippen LogP contribution >= 0.6 is 15.9 Å². The Morgan fingerprint density at radius 2 is 2.33 bits per heavy atom. The third-order valence-corrected chi connectivity index (χ3v) is 2.46. The molecule has 0 bridgehead atoms. The van der Waals surface area contributed by atoms with Gasteiger partial charge in [-0.2, -0.15) is 0 Å². The Balaban J connectivity index is 2.61. The fourth-order valence-corrected chi connectivity index (χ4v) is 1.76. The zero-order valence-electron chi connectivity index (χ0n) is 8.57. The lowest BCUT2D eigenvalue weighted by Gasteiger charge is -2.13. The van der Waals surface area contributed by atoms with Crippen LogP contribution in [-0.4, -0.2) is 34.9 Å². The molecule has 0 fully saturated rings. The number of nitrogens with one attached hydrogen (secondary N) is 1. The molecule has 0 saturated heterocycles. The molecule has 0 saturated carbocycles. The Labute approximate surface area is 97.5 Å². The fraction of sp³-hybridized carbons (Fsp3) is 0.500. The van der Waals surface area contributed by atoms with Gasteiger partial charge in [-0.25, -0.2) is 0 Å². The highest BCUT2D eigenvalue weighted by molar-refractivity contribution is 9.10. The molecule has 3 N–H and O–H groups in total. The van der Waals surface area contributed by atoms with Gasteiger partial charge in [0.25, 0.3) is 0 Å². The molecule has 84 valence electrons. The molecule has 0 unspecified atom stereocenters. The molecule has 0 spiro atoms. The van der Waals surface area contributed by atoms with Crippen molar-refractivity contribution < 1.29 is 10.2 Å². The minimum atomic E-state index is -0.635. The lowest BCUT2D eigenvalue weighted by Crippen LogP contribution is -2.25. The van der Waals surface area contributed by atoms with Crippen molar-refractivity contribution in [2.75, 3.05) is 19.7 Å². The van der Waals surface area contributed by atoms with Crippen LogP contribution in [0.2, 0.25) is 0 Å². The van der Waals surface area contributed by atoms with Crippen LogP contribution in [0.15, 0.2) is 16.7 Å². The number of aliphatic hydroxyl groups excluding tert-OH is 2. The van der Waals surface area contributed by atoms with E-state index in [0.717, 1.165) is 10.0 Å². The van der Waals surface area contributed by atoms with Crippen LogP contribution in [0.1, 0.15) is 17.4 Å². The van der Waals surface area contributed by atoms with Gasteiger partial charge in [0.05, 0.1) is 12.3 Å². The van der Waals surface area contributed by atoms with E-state index in [9.17, 15) is 5.11 Å². The number of rotatable bonds is 5. The highest BCUT2D eigenvalue weighted by Gasteiger charge is 2.11. The average Bonchev–Trinajstić information content (AvgIpc) is 2.17. The van der Waals surface area contributed by atoms with Gasteiger partial charge in [-0.05, 0) is 34.5 Å². The molecular weight excluding hydrogens is 260 g/mol. The predicted octanol–water partition coefficient (Wildman–Crippen LogP) is 0.768. The molecule has 0 aromatic carbocycles. The molecule has 0 radical (unpaired) electrons. The van der Waals surface area contributed by atoms with Crippen LogP contribution in [0.25, 0.3) is 0 Å². The summed E-state index contributed by atoms with van der Waals surface area (Å²) in [6.07, 6.45) is 1.03. The Kier molecular flexibility index (Phi) is 5.17. The lowest BCUT2D eigenvalue weighted by atomic mass is 10.1. The second-order valence-electron chi connectivity index (χ2n) is 3.30. The SMILES string of the molecule is Cc1cc(Br)cnc1[C@@H](O)CNCCO. The van der Waals surface area contributed by atoms with Crippen molar-refractivity contribution in [1.29, 1.82) is 0 Å².